The van der Waals surface area contributed by atoms with Crippen molar-refractivity contribution < 1.29 is 18.7 Å². The SMILES string of the molecule is O=C(NCc1ccco1)[C@@H]1CN(C(=O)N2CCCC2)C[C@H]2OCC[C@H]21. The lowest BCUT2D eigenvalue weighted by molar-refractivity contribution is -0.130. The lowest BCUT2D eigenvalue weighted by atomic mass is 9.82. The van der Waals surface area contributed by atoms with Crippen molar-refractivity contribution in [3.8, 4) is 0 Å². The van der Waals surface area contributed by atoms with Gasteiger partial charge in [0.25, 0.3) is 0 Å². The van der Waals surface area contributed by atoms with Crippen LogP contribution in [0.25, 0.3) is 0 Å². The van der Waals surface area contributed by atoms with E-state index in [9.17, 15) is 9.59 Å². The number of furan rings is 1. The van der Waals surface area contributed by atoms with E-state index in [2.05, 4.69) is 5.32 Å². The van der Waals surface area contributed by atoms with Crippen LogP contribution in [0.5, 0.6) is 0 Å². The van der Waals surface area contributed by atoms with Gasteiger partial charge < -0.3 is 24.3 Å². The van der Waals surface area contributed by atoms with Crippen LogP contribution in [0.4, 0.5) is 4.79 Å². The number of piperidine rings is 1. The van der Waals surface area contributed by atoms with Crippen LogP contribution in [0.2, 0.25) is 0 Å². The molecule has 0 spiro atoms. The second-order valence-electron chi connectivity index (χ2n) is 7.15. The molecule has 7 nitrogen and oxygen atoms in total. The maximum Gasteiger partial charge on any atom is 0.320 e. The molecule has 3 saturated heterocycles. The Hall–Kier alpha value is -2.02. The number of carbonyl (C=O) groups excluding carboxylic acids is 2. The first-order valence-corrected chi connectivity index (χ1v) is 9.18. The van der Waals surface area contributed by atoms with E-state index in [4.69, 9.17) is 9.15 Å². The molecule has 3 amide bonds. The Kier molecular flexibility index (Phi) is 4.65. The fraction of sp³-hybridized carbons (Fsp3) is 0.667. The molecule has 0 radical (unpaired) electrons. The smallest absolute Gasteiger partial charge is 0.320 e. The second kappa shape index (κ2) is 7.07. The van der Waals surface area contributed by atoms with Crippen molar-refractivity contribution in [3.63, 3.8) is 0 Å². The summed E-state index contributed by atoms with van der Waals surface area (Å²) in [5.41, 5.74) is 0. The van der Waals surface area contributed by atoms with Crippen molar-refractivity contribution in [1.29, 1.82) is 0 Å². The molecule has 3 fully saturated rings. The first-order valence-electron chi connectivity index (χ1n) is 9.18. The summed E-state index contributed by atoms with van der Waals surface area (Å²) in [4.78, 5) is 29.2. The van der Waals surface area contributed by atoms with Crippen molar-refractivity contribution in [2.75, 3.05) is 32.8 Å². The lowest BCUT2D eigenvalue weighted by Gasteiger charge is -2.40. The van der Waals surface area contributed by atoms with E-state index in [1.807, 2.05) is 15.9 Å². The Morgan fingerprint density at radius 3 is 2.80 bits per heavy atom. The quantitative estimate of drug-likeness (QED) is 0.898. The fourth-order valence-electron chi connectivity index (χ4n) is 4.24. The molecule has 1 N–H and O–H groups in total. The number of rotatable bonds is 3. The van der Waals surface area contributed by atoms with Crippen molar-refractivity contribution in [2.45, 2.75) is 31.9 Å². The van der Waals surface area contributed by atoms with E-state index < -0.39 is 0 Å². The highest BCUT2D eigenvalue weighted by atomic mass is 16.5. The Morgan fingerprint density at radius 1 is 1.20 bits per heavy atom. The van der Waals surface area contributed by atoms with Crippen LogP contribution in [0.3, 0.4) is 0 Å². The molecular formula is C18H25N3O4. The van der Waals surface area contributed by atoms with E-state index in [0.29, 0.717) is 26.2 Å². The minimum atomic E-state index is -0.220. The number of carbonyl (C=O) groups is 2. The lowest BCUT2D eigenvalue weighted by Crippen LogP contribution is -2.56. The number of hydrogen-bond donors (Lipinski definition) is 1. The van der Waals surface area contributed by atoms with Crippen LogP contribution in [0.1, 0.15) is 25.0 Å². The molecule has 3 atom stereocenters. The van der Waals surface area contributed by atoms with Crippen LogP contribution in [-0.2, 0) is 16.1 Å². The molecule has 4 heterocycles. The fourth-order valence-corrected chi connectivity index (χ4v) is 4.24. The number of amides is 3. The van der Waals surface area contributed by atoms with E-state index in [0.717, 1.165) is 38.1 Å². The Balaban J connectivity index is 1.43. The maximum absolute atomic E-state index is 12.8. The minimum Gasteiger partial charge on any atom is -0.467 e. The van der Waals surface area contributed by atoms with Gasteiger partial charge in [0, 0.05) is 38.7 Å². The molecule has 0 unspecified atom stereocenters. The largest absolute Gasteiger partial charge is 0.467 e. The Morgan fingerprint density at radius 2 is 2.04 bits per heavy atom. The summed E-state index contributed by atoms with van der Waals surface area (Å²) in [6.07, 6.45) is 4.58. The molecule has 3 aliphatic rings. The Labute approximate surface area is 147 Å². The van der Waals surface area contributed by atoms with Crippen molar-refractivity contribution in [3.05, 3.63) is 24.2 Å². The number of nitrogens with one attached hydrogen (secondary N) is 1. The second-order valence-corrected chi connectivity index (χ2v) is 7.15. The number of fused-ring (bicyclic) bond motifs is 1. The molecule has 0 bridgehead atoms. The number of nitrogens with zero attached hydrogens (tertiary/aromatic N) is 2. The van der Waals surface area contributed by atoms with Crippen LogP contribution < -0.4 is 5.32 Å². The van der Waals surface area contributed by atoms with Crippen LogP contribution >= 0.6 is 0 Å². The number of likely N-dealkylation sites (tertiary alicyclic amines) is 2. The van der Waals surface area contributed by atoms with Gasteiger partial charge in [0.05, 0.1) is 24.8 Å². The number of hydrogen-bond acceptors (Lipinski definition) is 4. The van der Waals surface area contributed by atoms with Crippen LogP contribution in [-0.4, -0.2) is 60.6 Å². The average molecular weight is 347 g/mol. The molecule has 3 aliphatic heterocycles. The van der Waals surface area contributed by atoms with E-state index in [1.165, 1.54) is 0 Å². The van der Waals surface area contributed by atoms with Gasteiger partial charge in [-0.15, -0.1) is 0 Å². The summed E-state index contributed by atoms with van der Waals surface area (Å²) in [6.45, 7) is 3.76. The summed E-state index contributed by atoms with van der Waals surface area (Å²) >= 11 is 0. The third-order valence-corrected chi connectivity index (χ3v) is 5.60. The maximum atomic E-state index is 12.8. The molecule has 25 heavy (non-hydrogen) atoms. The van der Waals surface area contributed by atoms with Gasteiger partial charge in [0.15, 0.2) is 0 Å². The molecule has 0 aromatic carbocycles. The first kappa shape index (κ1) is 16.4. The molecule has 4 rings (SSSR count). The summed E-state index contributed by atoms with van der Waals surface area (Å²) in [7, 11) is 0. The standard InChI is InChI=1S/C18H25N3O4/c22-17(19-10-13-4-3-8-24-13)15-11-21(12-16-14(15)5-9-25-16)18(23)20-6-1-2-7-20/h3-4,8,14-16H,1-2,5-7,9-12H2,(H,19,22)/t14-,15+,16+/m0/s1. The van der Waals surface area contributed by atoms with Gasteiger partial charge >= 0.3 is 6.03 Å². The third-order valence-electron chi connectivity index (χ3n) is 5.60. The van der Waals surface area contributed by atoms with Crippen molar-refractivity contribution in [1.82, 2.24) is 15.1 Å². The molecule has 7 heteroatoms. The summed E-state index contributed by atoms with van der Waals surface area (Å²) in [5.74, 6) is 0.686. The van der Waals surface area contributed by atoms with E-state index in [-0.39, 0.29) is 29.9 Å². The van der Waals surface area contributed by atoms with Crippen LogP contribution in [0, 0.1) is 11.8 Å². The van der Waals surface area contributed by atoms with Gasteiger partial charge in [0.1, 0.15) is 5.76 Å². The third kappa shape index (κ3) is 3.38. The van der Waals surface area contributed by atoms with Gasteiger partial charge in [-0.3, -0.25) is 4.79 Å². The zero-order chi connectivity index (χ0) is 17.2. The average Bonchev–Trinajstić information content (AvgIpc) is 3.40. The number of urea groups is 1. The molecular weight excluding hydrogens is 322 g/mol. The Bertz CT molecular complexity index is 612. The van der Waals surface area contributed by atoms with Crippen molar-refractivity contribution in [2.24, 2.45) is 11.8 Å². The normalized spacial score (nSPS) is 28.9. The highest BCUT2D eigenvalue weighted by molar-refractivity contribution is 5.81. The summed E-state index contributed by atoms with van der Waals surface area (Å²) in [6, 6.07) is 3.70. The molecule has 0 aliphatic carbocycles. The van der Waals surface area contributed by atoms with Gasteiger partial charge in [-0.2, -0.15) is 0 Å². The summed E-state index contributed by atoms with van der Waals surface area (Å²) < 4.78 is 11.1. The molecule has 1 aromatic rings. The van der Waals surface area contributed by atoms with E-state index in [1.54, 1.807) is 12.3 Å². The minimum absolute atomic E-state index is 0.0178. The number of ether oxygens (including phenoxy) is 1. The zero-order valence-corrected chi connectivity index (χ0v) is 14.4. The van der Waals surface area contributed by atoms with Crippen molar-refractivity contribution >= 4 is 11.9 Å². The van der Waals surface area contributed by atoms with Gasteiger partial charge in [-0.25, -0.2) is 4.79 Å². The molecule has 136 valence electrons. The highest BCUT2D eigenvalue weighted by Crippen LogP contribution is 2.34. The molecule has 0 saturated carbocycles. The van der Waals surface area contributed by atoms with Gasteiger partial charge in [0.2, 0.25) is 5.91 Å². The molecule has 1 aromatic heterocycles. The highest BCUT2D eigenvalue weighted by Gasteiger charge is 2.45. The topological polar surface area (TPSA) is 75.0 Å². The monoisotopic (exact) mass is 347 g/mol. The predicted molar refractivity (Wildman–Crippen MR) is 89.7 cm³/mol. The van der Waals surface area contributed by atoms with Gasteiger partial charge in [-0.05, 0) is 31.4 Å². The van der Waals surface area contributed by atoms with Crippen LogP contribution in [0.15, 0.2) is 22.8 Å². The van der Waals surface area contributed by atoms with Gasteiger partial charge in [-0.1, -0.05) is 0 Å². The predicted octanol–water partition coefficient (Wildman–Crippen LogP) is 1.45. The first-order chi connectivity index (χ1) is 12.2. The zero-order valence-electron chi connectivity index (χ0n) is 14.4. The van der Waals surface area contributed by atoms with E-state index >= 15 is 0 Å². The summed E-state index contributed by atoms with van der Waals surface area (Å²) in [5, 5.41) is 2.96.